The van der Waals surface area contributed by atoms with Crippen LogP contribution in [0.4, 0.5) is 20.4 Å². The number of piperidine rings is 1. The van der Waals surface area contributed by atoms with Gasteiger partial charge in [0, 0.05) is 49.6 Å². The highest BCUT2D eigenvalue weighted by Crippen LogP contribution is 2.40. The number of hydrogen-bond donors (Lipinski definition) is 0. The number of methoxy groups -OCH3 is 3. The highest BCUT2D eigenvalue weighted by Gasteiger charge is 2.26. The average Bonchev–Trinajstić information content (AvgIpc) is 3.12. The van der Waals surface area contributed by atoms with Gasteiger partial charge < -0.3 is 24.0 Å². The zero-order chi connectivity index (χ0) is 33.8. The Labute approximate surface area is 282 Å². The van der Waals surface area contributed by atoms with Gasteiger partial charge >= 0.3 is 6.08 Å². The van der Waals surface area contributed by atoms with Crippen LogP contribution in [0.5, 0.6) is 17.2 Å². The van der Waals surface area contributed by atoms with Crippen molar-refractivity contribution in [1.82, 2.24) is 15.0 Å². The first-order valence-corrected chi connectivity index (χ1v) is 15.7. The smallest absolute Gasteiger partial charge is 0.311 e. The Morgan fingerprint density at radius 2 is 1.42 bits per heavy atom. The van der Waals surface area contributed by atoms with Crippen LogP contribution in [0.25, 0.3) is 22.2 Å². The van der Waals surface area contributed by atoms with Gasteiger partial charge in [-0.25, -0.2) is 9.37 Å². The number of anilines is 2. The zero-order valence-corrected chi connectivity index (χ0v) is 27.5. The van der Waals surface area contributed by atoms with Gasteiger partial charge in [0.1, 0.15) is 34.4 Å². The van der Waals surface area contributed by atoms with E-state index in [0.29, 0.717) is 50.6 Å². The summed E-state index contributed by atoms with van der Waals surface area (Å²) in [6.45, 7) is 1.86. The molecule has 1 aliphatic heterocycles. The van der Waals surface area contributed by atoms with E-state index in [2.05, 4.69) is 16.0 Å². The first-order valence-electron chi connectivity index (χ1n) is 15.4. The van der Waals surface area contributed by atoms with Crippen LogP contribution in [0.2, 0.25) is 5.02 Å². The minimum atomic E-state index is -1.06. The fraction of sp³-hybridized carbons (Fsp3) is 0.278. The zero-order valence-electron chi connectivity index (χ0n) is 26.7. The topological polar surface area (TPSA) is 96.6 Å². The lowest BCUT2D eigenvalue weighted by Crippen LogP contribution is -2.34. The summed E-state index contributed by atoms with van der Waals surface area (Å²) in [5.74, 6) is 1.73. The highest BCUT2D eigenvalue weighted by molar-refractivity contribution is 6.34. The van der Waals surface area contributed by atoms with Crippen LogP contribution >= 0.6 is 11.6 Å². The number of rotatable bonds is 10. The molecule has 6 rings (SSSR count). The molecule has 2 aromatic heterocycles. The van der Waals surface area contributed by atoms with Crippen LogP contribution < -0.4 is 24.0 Å². The van der Waals surface area contributed by atoms with Crippen molar-refractivity contribution < 1.29 is 23.0 Å². The molecular formula is C36H33ClF2N6O3. The SMILES string of the molecule is COc1ccc(CN(Cc2ccc(OC)cc2)c2cc(OC)cc(-c3c(Cl)cc4c(N5CCC(C#N)CC5)nc(F)nc4c3F)n2)cc1. The molecule has 0 saturated carbocycles. The predicted molar refractivity (Wildman–Crippen MR) is 181 cm³/mol. The Morgan fingerprint density at radius 1 is 0.833 bits per heavy atom. The Bertz CT molecular complexity index is 1910. The van der Waals surface area contributed by atoms with Gasteiger partial charge in [-0.1, -0.05) is 35.9 Å². The van der Waals surface area contributed by atoms with E-state index in [1.54, 1.807) is 32.4 Å². The monoisotopic (exact) mass is 670 g/mol. The number of fused-ring (bicyclic) bond motifs is 1. The van der Waals surface area contributed by atoms with Crippen LogP contribution in [0.15, 0.2) is 66.7 Å². The van der Waals surface area contributed by atoms with Gasteiger partial charge in [-0.2, -0.15) is 19.6 Å². The number of halogens is 3. The molecule has 0 spiro atoms. The molecule has 1 aliphatic rings. The van der Waals surface area contributed by atoms with Gasteiger partial charge in [0.25, 0.3) is 0 Å². The van der Waals surface area contributed by atoms with E-state index in [0.717, 1.165) is 22.6 Å². The molecular weight excluding hydrogens is 638 g/mol. The first-order chi connectivity index (χ1) is 23.3. The lowest BCUT2D eigenvalue weighted by Gasteiger charge is -2.30. The first kappa shape index (κ1) is 32.7. The molecule has 0 aliphatic carbocycles. The molecule has 1 saturated heterocycles. The number of nitrogens with zero attached hydrogens (tertiary/aromatic N) is 6. The van der Waals surface area contributed by atoms with Crippen LogP contribution in [-0.2, 0) is 13.1 Å². The number of nitriles is 1. The van der Waals surface area contributed by atoms with Gasteiger partial charge in [-0.15, -0.1) is 0 Å². The summed E-state index contributed by atoms with van der Waals surface area (Å²) in [6.07, 6.45) is 0.132. The van der Waals surface area contributed by atoms with Crippen LogP contribution in [0.3, 0.4) is 0 Å². The van der Waals surface area contributed by atoms with Crippen molar-refractivity contribution in [2.24, 2.45) is 5.92 Å². The predicted octanol–water partition coefficient (Wildman–Crippen LogP) is 7.60. The van der Waals surface area contributed by atoms with E-state index in [4.69, 9.17) is 30.8 Å². The summed E-state index contributed by atoms with van der Waals surface area (Å²) >= 11 is 6.81. The minimum Gasteiger partial charge on any atom is -0.497 e. The third kappa shape index (κ3) is 6.89. The standard InChI is InChI=1S/C36H33ClF2N6O3/c1-46-25-8-4-23(5-9-25)20-45(21-24-6-10-26(47-2)11-7-24)31-17-27(48-3)16-30(41-31)32-29(37)18-28-34(33(32)38)42-36(39)43-35(28)44-14-12-22(19-40)13-15-44/h4-11,16-18,22H,12-15,20-21H2,1-3H3. The average molecular weight is 671 g/mol. The van der Waals surface area contributed by atoms with Gasteiger partial charge in [-0.3, -0.25) is 0 Å². The van der Waals surface area contributed by atoms with Crippen molar-refractivity contribution in [1.29, 1.82) is 5.26 Å². The molecule has 0 N–H and O–H groups in total. The van der Waals surface area contributed by atoms with Crippen molar-refractivity contribution in [2.75, 3.05) is 44.2 Å². The number of ether oxygens (including phenoxy) is 3. The Kier molecular flexibility index (Phi) is 9.73. The molecule has 0 unspecified atom stereocenters. The lowest BCUT2D eigenvalue weighted by molar-refractivity contribution is 0.414. The van der Waals surface area contributed by atoms with Crippen molar-refractivity contribution in [3.63, 3.8) is 0 Å². The highest BCUT2D eigenvalue weighted by atomic mass is 35.5. The third-order valence-electron chi connectivity index (χ3n) is 8.48. The number of pyridine rings is 1. The second kappa shape index (κ2) is 14.3. The van der Waals surface area contributed by atoms with Gasteiger partial charge in [-0.05, 0) is 54.3 Å². The molecule has 0 bridgehead atoms. The molecule has 0 atom stereocenters. The number of aromatic nitrogens is 3. The normalized spacial score (nSPS) is 13.3. The molecule has 246 valence electrons. The second-order valence-corrected chi connectivity index (χ2v) is 11.9. The summed E-state index contributed by atoms with van der Waals surface area (Å²) in [4.78, 5) is 16.6. The largest absolute Gasteiger partial charge is 0.497 e. The van der Waals surface area contributed by atoms with Crippen molar-refractivity contribution in [3.05, 3.63) is 94.8 Å². The maximum Gasteiger partial charge on any atom is 0.311 e. The lowest BCUT2D eigenvalue weighted by atomic mass is 9.98. The van der Waals surface area contributed by atoms with Crippen molar-refractivity contribution >= 4 is 34.1 Å². The quantitative estimate of drug-likeness (QED) is 0.139. The summed E-state index contributed by atoms with van der Waals surface area (Å²) < 4.78 is 47.7. The van der Waals surface area contributed by atoms with Crippen LogP contribution in [-0.4, -0.2) is 49.4 Å². The molecule has 12 heteroatoms. The maximum absolute atomic E-state index is 16.5. The fourth-order valence-corrected chi connectivity index (χ4v) is 6.16. The Morgan fingerprint density at radius 3 is 1.96 bits per heavy atom. The van der Waals surface area contributed by atoms with Crippen molar-refractivity contribution in [3.8, 4) is 34.6 Å². The van der Waals surface area contributed by atoms with E-state index in [-0.39, 0.29) is 38.9 Å². The molecule has 1 fully saturated rings. The van der Waals surface area contributed by atoms with Gasteiger partial charge in [0.15, 0.2) is 5.82 Å². The summed E-state index contributed by atoms with van der Waals surface area (Å²) in [6, 6.07) is 22.6. The summed E-state index contributed by atoms with van der Waals surface area (Å²) in [5, 5.41) is 9.65. The minimum absolute atomic E-state index is 0.0367. The van der Waals surface area contributed by atoms with E-state index < -0.39 is 11.9 Å². The molecule has 3 heterocycles. The van der Waals surface area contributed by atoms with Crippen LogP contribution in [0.1, 0.15) is 24.0 Å². The van der Waals surface area contributed by atoms with E-state index in [1.165, 1.54) is 7.11 Å². The fourth-order valence-electron chi connectivity index (χ4n) is 5.87. The number of benzene rings is 3. The van der Waals surface area contributed by atoms with E-state index in [9.17, 15) is 9.65 Å². The Balaban J connectivity index is 1.43. The van der Waals surface area contributed by atoms with Crippen LogP contribution in [0, 0.1) is 29.1 Å². The third-order valence-corrected chi connectivity index (χ3v) is 8.78. The maximum atomic E-state index is 16.5. The molecule has 9 nitrogen and oxygen atoms in total. The molecule has 0 amide bonds. The van der Waals surface area contributed by atoms with Gasteiger partial charge in [0.05, 0.1) is 43.7 Å². The molecule has 5 aromatic rings. The second-order valence-electron chi connectivity index (χ2n) is 11.5. The number of hydrogen-bond acceptors (Lipinski definition) is 9. The van der Waals surface area contributed by atoms with E-state index >= 15 is 4.39 Å². The molecule has 48 heavy (non-hydrogen) atoms. The summed E-state index contributed by atoms with van der Waals surface area (Å²) in [5.41, 5.74) is 1.93. The Hall–Kier alpha value is -5.21. The summed E-state index contributed by atoms with van der Waals surface area (Å²) in [7, 11) is 4.75. The molecule has 0 radical (unpaired) electrons. The van der Waals surface area contributed by atoms with Gasteiger partial charge in [0.2, 0.25) is 0 Å². The molecule has 3 aromatic carbocycles. The van der Waals surface area contributed by atoms with Crippen molar-refractivity contribution in [2.45, 2.75) is 25.9 Å². The van der Waals surface area contributed by atoms with E-state index in [1.807, 2.05) is 58.3 Å².